The number of hydrogen-bond donors (Lipinski definition) is 0. The van der Waals surface area contributed by atoms with Gasteiger partial charge < -0.3 is 33.2 Å². The lowest BCUT2D eigenvalue weighted by Gasteiger charge is -2.34. The highest BCUT2D eigenvalue weighted by Gasteiger charge is 2.35. The first kappa shape index (κ1) is 68.7. The van der Waals surface area contributed by atoms with Crippen LogP contribution in [-0.4, -0.2) is 326 Å². The Bertz CT molecular complexity index is 2480. The number of sulfone groups is 1. The fraction of sp³-hybridized carbons (Fsp3) is 1.00. The first-order valence-electron chi connectivity index (χ1n) is 25.7. The monoisotopic (exact) mass is 1280 g/mol. The molecule has 0 atom stereocenters. The predicted octanol–water partition coefficient (Wildman–Crippen LogP) is -4.61. The third-order valence-corrected chi connectivity index (χ3v) is 23.6. The molecular formula is C40H81N9O23S7. The van der Waals surface area contributed by atoms with E-state index in [0.29, 0.717) is 64.5 Å². The Labute approximate surface area is 467 Å². The van der Waals surface area contributed by atoms with E-state index in [1.165, 1.54) is 34.9 Å². The summed E-state index contributed by atoms with van der Waals surface area (Å²) in [6.45, 7) is 12.2. The zero-order chi connectivity index (χ0) is 57.6. The molecule has 0 radical (unpaired) electrons. The smallest absolute Gasteiger partial charge is 0.271 e. The minimum atomic E-state index is -3.43. The van der Waals surface area contributed by atoms with Crippen molar-refractivity contribution in [2.45, 2.75) is 32.1 Å². The maximum absolute atomic E-state index is 11.7. The van der Waals surface area contributed by atoms with Gasteiger partial charge >= 0.3 is 0 Å². The lowest BCUT2D eigenvalue weighted by molar-refractivity contribution is -0.0507. The topological polar surface area (TPSA) is 351 Å². The van der Waals surface area contributed by atoms with Gasteiger partial charge in [0.25, 0.3) is 20.2 Å². The Kier molecular flexibility index (Phi) is 28.7. The Morgan fingerprint density at radius 1 is 0.304 bits per heavy atom. The molecule has 10 aliphatic rings. The highest BCUT2D eigenvalue weighted by molar-refractivity contribution is 7.91. The van der Waals surface area contributed by atoms with Gasteiger partial charge in [-0.25, -0.2) is 46.3 Å². The lowest BCUT2D eigenvalue weighted by atomic mass is 10.1. The van der Waals surface area contributed by atoms with Gasteiger partial charge in [-0.05, 0) is 38.8 Å². The van der Waals surface area contributed by atoms with Gasteiger partial charge in [0.05, 0.1) is 119 Å². The van der Waals surface area contributed by atoms with Crippen LogP contribution in [0.2, 0.25) is 0 Å². The molecule has 0 amide bonds. The van der Waals surface area contributed by atoms with Crippen molar-refractivity contribution in [1.29, 1.82) is 0 Å². The Morgan fingerprint density at radius 2 is 0.696 bits per heavy atom. The number of ether oxygens (including phenoxy) is 7. The van der Waals surface area contributed by atoms with E-state index in [9.17, 15) is 58.9 Å². The van der Waals surface area contributed by atoms with E-state index in [0.717, 1.165) is 74.2 Å². The van der Waals surface area contributed by atoms with Crippen molar-refractivity contribution in [3.8, 4) is 0 Å². The third-order valence-electron chi connectivity index (χ3n) is 12.9. The van der Waals surface area contributed by atoms with Crippen molar-refractivity contribution < 1.29 is 100 Å². The fourth-order valence-electron chi connectivity index (χ4n) is 8.09. The molecule has 0 aromatic heterocycles. The van der Waals surface area contributed by atoms with Crippen molar-refractivity contribution in [3.63, 3.8) is 0 Å². The normalized spacial score (nSPS) is 29.0. The maximum atomic E-state index is 11.7. The molecule has 0 aliphatic carbocycles. The highest BCUT2D eigenvalue weighted by Crippen LogP contribution is 2.16. The summed E-state index contributed by atoms with van der Waals surface area (Å²) in [5.74, 6) is 0.673. The standard InChI is InChI=1S/2C9H18N2O3S.C8H16N2O4S.C7H14N2O6S2.C4H9NO3S.C3H6O4S/c12-15(13)6-3-10(4-7-15)8-11-2-1-5-14-9-11;12-15(13)7-6-14-9-11(15)8-10-4-2-1-3-5-10;11-15(12)5-3-10(8-14-15)6-9-2-1-4-13-7-9;10-16(11)3-1-14-6-8(16)5-9-7-15-2-4-17(9,12)13;1-5-4-8-2-3-9(5,6)7;4-8(5)2-1-6-3-7-8/h2*1-9H2;1-8H2;1-7H2;2-4H2,1H3;1-3H2. The zero-order valence-electron chi connectivity index (χ0n) is 44.8. The summed E-state index contributed by atoms with van der Waals surface area (Å²) < 4.78 is 206. The molecule has 10 heterocycles. The van der Waals surface area contributed by atoms with Gasteiger partial charge in [0, 0.05) is 53.0 Å². The fourth-order valence-corrected chi connectivity index (χ4v) is 15.3. The van der Waals surface area contributed by atoms with E-state index in [1.54, 1.807) is 0 Å². The number of nitrogens with zero attached hydrogens (tertiary/aromatic N) is 9. The summed E-state index contributed by atoms with van der Waals surface area (Å²) >= 11 is 0. The summed E-state index contributed by atoms with van der Waals surface area (Å²) in [5.41, 5.74) is 0. The molecule has 10 saturated heterocycles. The van der Waals surface area contributed by atoms with Crippen LogP contribution in [0.3, 0.4) is 0 Å². The Hall–Kier alpha value is -1.07. The van der Waals surface area contributed by atoms with Crippen molar-refractivity contribution in [1.82, 2.24) is 41.7 Å². The van der Waals surface area contributed by atoms with Gasteiger partial charge in [-0.15, -0.1) is 0 Å². The number of rotatable bonds is 8. The molecular weight excluding hydrogens is 1200 g/mol. The summed E-state index contributed by atoms with van der Waals surface area (Å²) in [4.78, 5) is 10.7. The third kappa shape index (κ3) is 26.0. The number of piperidine rings is 1. The van der Waals surface area contributed by atoms with Gasteiger partial charge in [0.2, 0.25) is 40.1 Å². The number of hydrogen-bond acceptors (Lipinski definition) is 28. The van der Waals surface area contributed by atoms with Crippen molar-refractivity contribution in [3.05, 3.63) is 0 Å². The average Bonchev–Trinajstić information content (AvgIpc) is 3.42. The van der Waals surface area contributed by atoms with E-state index in [1.807, 2.05) is 4.90 Å². The molecule has 10 fully saturated rings. The Balaban J connectivity index is 0.000000177. The van der Waals surface area contributed by atoms with Gasteiger partial charge in [-0.1, -0.05) is 6.42 Å². The van der Waals surface area contributed by atoms with Crippen molar-refractivity contribution in [2.24, 2.45) is 0 Å². The lowest BCUT2D eigenvalue weighted by Crippen LogP contribution is -2.51. The second-order valence-electron chi connectivity index (χ2n) is 19.3. The summed E-state index contributed by atoms with van der Waals surface area (Å²) in [6.07, 6.45) is 5.72. The quantitative estimate of drug-likeness (QED) is 0.206. The minimum absolute atomic E-state index is 0.0208. The molecule has 0 bridgehead atoms. The van der Waals surface area contributed by atoms with E-state index < -0.39 is 70.2 Å². The van der Waals surface area contributed by atoms with Crippen LogP contribution in [-0.2, 0) is 112 Å². The predicted molar refractivity (Wildman–Crippen MR) is 283 cm³/mol. The SMILES string of the molecule is CN1COCCS1(=O)=O.O=S1(=O)CCN(CN2CCCOC2)CC1.O=S1(=O)CCN(CN2CCCOC2)CO1.O=S1(=O)CCOCN1CN1CCCCC1.O=S1(=O)CCOCN1CN1COCCS1(=O)=O.O=S1(=O)CCOCO1. The van der Waals surface area contributed by atoms with Gasteiger partial charge in [0.15, 0.2) is 16.6 Å². The van der Waals surface area contributed by atoms with Crippen molar-refractivity contribution >= 4 is 70.2 Å². The second-order valence-corrected chi connectivity index (χ2v) is 33.5. The summed E-state index contributed by atoms with van der Waals surface area (Å²) in [6, 6.07) is 0. The van der Waals surface area contributed by atoms with E-state index >= 15 is 0 Å². The molecule has 0 N–H and O–H groups in total. The van der Waals surface area contributed by atoms with Gasteiger partial charge in [-0.3, -0.25) is 28.7 Å². The molecule has 39 heteroatoms. The zero-order valence-corrected chi connectivity index (χ0v) is 50.6. The molecule has 79 heavy (non-hydrogen) atoms. The van der Waals surface area contributed by atoms with Crippen LogP contribution in [0.5, 0.6) is 0 Å². The average molecular weight is 1280 g/mol. The second kappa shape index (κ2) is 33.0. The molecule has 0 spiro atoms. The largest absolute Gasteiger partial charge is 0.366 e. The van der Waals surface area contributed by atoms with Crippen LogP contribution in [0.4, 0.5) is 0 Å². The van der Waals surface area contributed by atoms with Gasteiger partial charge in [-0.2, -0.15) is 34.1 Å². The van der Waals surface area contributed by atoms with E-state index in [2.05, 4.69) is 28.5 Å². The first-order valence-corrected chi connectivity index (χ1v) is 37.1. The molecule has 466 valence electrons. The summed E-state index contributed by atoms with van der Waals surface area (Å²) in [7, 11) is -20.6. The molecule has 0 unspecified atom stereocenters. The van der Waals surface area contributed by atoms with E-state index in [4.69, 9.17) is 32.6 Å². The van der Waals surface area contributed by atoms with Crippen LogP contribution in [0.1, 0.15) is 32.1 Å². The molecule has 10 rings (SSSR count). The molecule has 0 saturated carbocycles. The molecule has 10 aliphatic heterocycles. The van der Waals surface area contributed by atoms with Crippen LogP contribution in [0.25, 0.3) is 0 Å². The van der Waals surface area contributed by atoms with E-state index in [-0.39, 0.29) is 101 Å². The molecule has 0 aromatic rings. The molecule has 32 nitrogen and oxygen atoms in total. The molecule has 0 aromatic carbocycles. The van der Waals surface area contributed by atoms with Crippen LogP contribution in [0.15, 0.2) is 0 Å². The number of likely N-dealkylation sites (tertiary alicyclic amines) is 1. The highest BCUT2D eigenvalue weighted by atomic mass is 32.2. The number of sulfonamides is 4. The Morgan fingerprint density at radius 3 is 1.08 bits per heavy atom. The van der Waals surface area contributed by atoms with Crippen LogP contribution in [0, 0.1) is 0 Å². The maximum Gasteiger partial charge on any atom is 0.271 e. The van der Waals surface area contributed by atoms with Crippen LogP contribution < -0.4 is 0 Å². The van der Waals surface area contributed by atoms with Gasteiger partial charge in [0.1, 0.15) is 33.7 Å². The van der Waals surface area contributed by atoms with Crippen molar-refractivity contribution in [2.75, 3.05) is 226 Å². The van der Waals surface area contributed by atoms with Crippen LogP contribution >= 0.6 is 0 Å². The minimum Gasteiger partial charge on any atom is -0.366 e. The summed E-state index contributed by atoms with van der Waals surface area (Å²) in [5, 5.41) is 0. The first-order chi connectivity index (χ1) is 37.2.